The van der Waals surface area contributed by atoms with Gasteiger partial charge in [-0.05, 0) is 31.0 Å². The lowest BCUT2D eigenvalue weighted by Crippen LogP contribution is -2.18. The Labute approximate surface area is 137 Å². The molecule has 2 aromatic rings. The molecule has 0 aromatic heterocycles. The number of carbonyl (C=O) groups is 1. The predicted molar refractivity (Wildman–Crippen MR) is 96.5 cm³/mol. The minimum atomic E-state index is -0.0249. The normalized spacial score (nSPS) is 9.27. The lowest BCUT2D eigenvalue weighted by atomic mass is 10.1. The van der Waals surface area contributed by atoms with Crippen molar-refractivity contribution in [3.8, 4) is 0 Å². The van der Waals surface area contributed by atoms with Gasteiger partial charge in [-0.2, -0.15) is 0 Å². The molecule has 0 saturated carbocycles. The summed E-state index contributed by atoms with van der Waals surface area (Å²) in [7, 11) is 3.48. The van der Waals surface area contributed by atoms with Crippen LogP contribution in [0, 0.1) is 13.8 Å². The van der Waals surface area contributed by atoms with Gasteiger partial charge in [-0.25, -0.2) is 0 Å². The highest BCUT2D eigenvalue weighted by molar-refractivity contribution is 7.80. The summed E-state index contributed by atoms with van der Waals surface area (Å²) in [6, 6.07) is 15.6. The molecule has 3 nitrogen and oxygen atoms in total. The van der Waals surface area contributed by atoms with E-state index in [9.17, 15) is 4.79 Å². The van der Waals surface area contributed by atoms with Crippen LogP contribution in [0.3, 0.4) is 0 Å². The second kappa shape index (κ2) is 8.95. The van der Waals surface area contributed by atoms with Crippen molar-refractivity contribution in [1.82, 2.24) is 10.6 Å². The first-order chi connectivity index (χ1) is 10.5. The number of thiocarbonyl (C=S) groups is 1. The van der Waals surface area contributed by atoms with Gasteiger partial charge >= 0.3 is 0 Å². The van der Waals surface area contributed by atoms with Crippen LogP contribution in [0.1, 0.15) is 27.0 Å². The summed E-state index contributed by atoms with van der Waals surface area (Å²) in [4.78, 5) is 11.9. The molecule has 2 aromatic carbocycles. The molecule has 0 bridgehead atoms. The Kier molecular flexibility index (Phi) is 7.26. The molecular weight excluding hydrogens is 292 g/mol. The first-order valence-electron chi connectivity index (χ1n) is 7.06. The molecular formula is C18H22N2OS. The minimum absolute atomic E-state index is 0.0249. The number of carbonyl (C=O) groups excluding carboxylic acids is 1. The zero-order valence-corrected chi connectivity index (χ0v) is 14.3. The fourth-order valence-corrected chi connectivity index (χ4v) is 2.15. The molecule has 0 heterocycles. The van der Waals surface area contributed by atoms with Gasteiger partial charge in [0.05, 0.1) is 0 Å². The van der Waals surface area contributed by atoms with Crippen LogP contribution in [0.25, 0.3) is 0 Å². The molecule has 0 aliphatic rings. The van der Waals surface area contributed by atoms with Gasteiger partial charge < -0.3 is 10.6 Å². The summed E-state index contributed by atoms with van der Waals surface area (Å²) >= 11 is 5.10. The van der Waals surface area contributed by atoms with Gasteiger partial charge in [0, 0.05) is 25.2 Å². The molecule has 0 atom stereocenters. The van der Waals surface area contributed by atoms with Crippen LogP contribution >= 0.6 is 12.2 Å². The average molecular weight is 314 g/mol. The number of amides is 1. The third-order valence-electron chi connectivity index (χ3n) is 3.23. The number of hydrogen-bond donors (Lipinski definition) is 2. The summed E-state index contributed by atoms with van der Waals surface area (Å²) in [6.07, 6.45) is 0. The Balaban J connectivity index is 0.000000220. The topological polar surface area (TPSA) is 41.1 Å². The van der Waals surface area contributed by atoms with Crippen LogP contribution in [-0.2, 0) is 0 Å². The third kappa shape index (κ3) is 4.97. The van der Waals surface area contributed by atoms with Crippen molar-refractivity contribution >= 4 is 23.1 Å². The molecule has 0 fully saturated rings. The van der Waals surface area contributed by atoms with Crippen LogP contribution < -0.4 is 10.6 Å². The molecule has 4 heteroatoms. The van der Waals surface area contributed by atoms with Gasteiger partial charge in [0.25, 0.3) is 5.91 Å². The quantitative estimate of drug-likeness (QED) is 0.836. The summed E-state index contributed by atoms with van der Waals surface area (Å²) in [6.45, 7) is 3.98. The first kappa shape index (κ1) is 17.9. The van der Waals surface area contributed by atoms with E-state index in [1.54, 1.807) is 7.05 Å². The Morgan fingerprint density at radius 3 is 1.68 bits per heavy atom. The van der Waals surface area contributed by atoms with Crippen LogP contribution in [0.2, 0.25) is 0 Å². The van der Waals surface area contributed by atoms with Crippen LogP contribution in [0.5, 0.6) is 0 Å². The smallest absolute Gasteiger partial charge is 0.251 e. The molecule has 22 heavy (non-hydrogen) atoms. The minimum Gasteiger partial charge on any atom is -0.379 e. The van der Waals surface area contributed by atoms with Crippen LogP contribution in [0.4, 0.5) is 0 Å². The highest BCUT2D eigenvalue weighted by Crippen LogP contribution is 2.07. The standard InChI is InChI=1S/C9H11NO.C9H11NS/c2*1-7-5-3-4-6-8(7)9(11)10-2/h2*3-6H,1-2H3,(H,10,11). The highest BCUT2D eigenvalue weighted by atomic mass is 32.1. The van der Waals surface area contributed by atoms with E-state index in [1.165, 1.54) is 5.56 Å². The summed E-state index contributed by atoms with van der Waals surface area (Å²) in [5.41, 5.74) is 4.08. The zero-order valence-electron chi connectivity index (χ0n) is 13.4. The fraction of sp³-hybridized carbons (Fsp3) is 0.222. The Bertz CT molecular complexity index is 596. The number of nitrogens with one attached hydrogen (secondary N) is 2. The predicted octanol–water partition coefficient (Wildman–Crippen LogP) is 3.24. The van der Waals surface area contributed by atoms with Gasteiger partial charge in [0.1, 0.15) is 4.99 Å². The number of aryl methyl sites for hydroxylation is 2. The molecule has 0 radical (unpaired) electrons. The molecule has 116 valence electrons. The van der Waals surface area contributed by atoms with Gasteiger partial charge in [-0.3, -0.25) is 4.79 Å². The molecule has 1 amide bonds. The number of benzene rings is 2. The van der Waals surface area contributed by atoms with E-state index in [1.807, 2.05) is 56.4 Å². The monoisotopic (exact) mass is 314 g/mol. The second-order valence-corrected chi connectivity index (χ2v) is 5.20. The summed E-state index contributed by atoms with van der Waals surface area (Å²) in [5.74, 6) is -0.0249. The van der Waals surface area contributed by atoms with Crippen molar-refractivity contribution in [2.24, 2.45) is 0 Å². The molecule has 0 spiro atoms. The molecule has 0 aliphatic carbocycles. The first-order valence-corrected chi connectivity index (χ1v) is 7.47. The van der Waals surface area contributed by atoms with Crippen molar-refractivity contribution in [3.63, 3.8) is 0 Å². The zero-order chi connectivity index (χ0) is 16.5. The van der Waals surface area contributed by atoms with Gasteiger partial charge in [-0.15, -0.1) is 0 Å². The second-order valence-electron chi connectivity index (χ2n) is 4.79. The van der Waals surface area contributed by atoms with Crippen molar-refractivity contribution in [3.05, 3.63) is 70.8 Å². The lowest BCUT2D eigenvalue weighted by Gasteiger charge is -2.05. The highest BCUT2D eigenvalue weighted by Gasteiger charge is 2.03. The van der Waals surface area contributed by atoms with E-state index in [0.29, 0.717) is 0 Å². The summed E-state index contributed by atoms with van der Waals surface area (Å²) in [5, 5.41) is 5.54. The Morgan fingerprint density at radius 1 is 0.818 bits per heavy atom. The van der Waals surface area contributed by atoms with Crippen molar-refractivity contribution in [1.29, 1.82) is 0 Å². The van der Waals surface area contributed by atoms with E-state index in [4.69, 9.17) is 12.2 Å². The summed E-state index contributed by atoms with van der Waals surface area (Å²) < 4.78 is 0. The SMILES string of the molecule is CNC(=O)c1ccccc1C.CNC(=S)c1ccccc1C. The van der Waals surface area contributed by atoms with E-state index in [0.717, 1.165) is 21.7 Å². The van der Waals surface area contributed by atoms with E-state index in [2.05, 4.69) is 23.6 Å². The molecule has 0 saturated heterocycles. The van der Waals surface area contributed by atoms with E-state index < -0.39 is 0 Å². The number of rotatable bonds is 2. The van der Waals surface area contributed by atoms with Gasteiger partial charge in [-0.1, -0.05) is 54.7 Å². The maximum absolute atomic E-state index is 11.1. The van der Waals surface area contributed by atoms with Gasteiger partial charge in [0.15, 0.2) is 0 Å². The maximum atomic E-state index is 11.1. The van der Waals surface area contributed by atoms with E-state index >= 15 is 0 Å². The molecule has 0 unspecified atom stereocenters. The molecule has 2 N–H and O–H groups in total. The molecule has 2 rings (SSSR count). The van der Waals surface area contributed by atoms with Gasteiger partial charge in [0.2, 0.25) is 0 Å². The Hall–Kier alpha value is -2.20. The van der Waals surface area contributed by atoms with E-state index in [-0.39, 0.29) is 5.91 Å². The largest absolute Gasteiger partial charge is 0.379 e. The maximum Gasteiger partial charge on any atom is 0.251 e. The van der Waals surface area contributed by atoms with Crippen molar-refractivity contribution < 1.29 is 4.79 Å². The molecule has 0 aliphatic heterocycles. The van der Waals surface area contributed by atoms with Crippen molar-refractivity contribution in [2.75, 3.05) is 14.1 Å². The Morgan fingerprint density at radius 2 is 1.27 bits per heavy atom. The third-order valence-corrected chi connectivity index (χ3v) is 3.66. The van der Waals surface area contributed by atoms with Crippen LogP contribution in [-0.4, -0.2) is 25.0 Å². The fourth-order valence-electron chi connectivity index (χ4n) is 1.92. The van der Waals surface area contributed by atoms with Crippen molar-refractivity contribution in [2.45, 2.75) is 13.8 Å². The number of hydrogen-bond acceptors (Lipinski definition) is 2. The lowest BCUT2D eigenvalue weighted by molar-refractivity contribution is 0.0962. The average Bonchev–Trinajstić information content (AvgIpc) is 2.55. The van der Waals surface area contributed by atoms with Crippen LogP contribution in [0.15, 0.2) is 48.5 Å².